The van der Waals surface area contributed by atoms with Crippen LogP contribution in [-0.4, -0.2) is 52.9 Å². The van der Waals surface area contributed by atoms with E-state index >= 15 is 0 Å². The Bertz CT molecular complexity index is 311. The van der Waals surface area contributed by atoms with Gasteiger partial charge in [-0.25, -0.2) is 0 Å². The summed E-state index contributed by atoms with van der Waals surface area (Å²) in [5.41, 5.74) is 0. The van der Waals surface area contributed by atoms with Crippen LogP contribution in [0.4, 0.5) is 0 Å². The molecule has 0 aromatic heterocycles. The number of quaternary nitrogens is 1. The number of aliphatic hydroxyl groups is 1. The minimum absolute atomic E-state index is 0.321. The molecule has 0 aromatic carbocycles. The van der Waals surface area contributed by atoms with Crippen LogP contribution in [0.3, 0.4) is 0 Å². The minimum Gasteiger partial charge on any atom is -0.481 e. The number of hydrogen-bond donors (Lipinski definition) is 2. The molecular weight excluding hydrogens is 266 g/mol. The fourth-order valence-corrected chi connectivity index (χ4v) is 2.51. The summed E-state index contributed by atoms with van der Waals surface area (Å²) >= 11 is 0. The van der Waals surface area contributed by atoms with E-state index in [0.29, 0.717) is 13.0 Å². The smallest absolute Gasteiger partial charge is 0.306 e. The first kappa shape index (κ1) is 20.1. The topological polar surface area (TPSA) is 57.5 Å². The monoisotopic (exact) mass is 300 g/mol. The molecule has 0 aliphatic carbocycles. The van der Waals surface area contributed by atoms with E-state index in [1.54, 1.807) is 6.92 Å². The Labute approximate surface area is 130 Å². The Morgan fingerprint density at radius 3 is 2.33 bits per heavy atom. The highest BCUT2D eigenvalue weighted by molar-refractivity contribution is 5.69. The van der Waals surface area contributed by atoms with Crippen molar-refractivity contribution in [3.8, 4) is 0 Å². The minimum atomic E-state index is -0.736. The van der Waals surface area contributed by atoms with Crippen LogP contribution in [0.1, 0.15) is 53.4 Å². The molecule has 0 amide bonds. The number of carboxylic acids is 1. The predicted molar refractivity (Wildman–Crippen MR) is 87.2 cm³/mol. The van der Waals surface area contributed by atoms with E-state index in [-0.39, 0.29) is 5.92 Å². The summed E-state index contributed by atoms with van der Waals surface area (Å²) in [6, 6.07) is 0. The Morgan fingerprint density at radius 2 is 1.86 bits per heavy atom. The number of unbranched alkanes of at least 4 members (excludes halogenated alkanes) is 2. The number of hydrogen-bond acceptors (Lipinski definition) is 2. The van der Waals surface area contributed by atoms with E-state index < -0.39 is 12.1 Å². The molecule has 0 radical (unpaired) electrons. The maximum atomic E-state index is 11.0. The molecule has 0 heterocycles. The van der Waals surface area contributed by atoms with Gasteiger partial charge in [-0.3, -0.25) is 4.79 Å². The van der Waals surface area contributed by atoms with Crippen LogP contribution in [0, 0.1) is 5.92 Å². The van der Waals surface area contributed by atoms with Gasteiger partial charge in [0.15, 0.2) is 0 Å². The van der Waals surface area contributed by atoms with Gasteiger partial charge in [-0.1, -0.05) is 38.8 Å². The number of aliphatic hydroxyl groups excluding tert-OH is 1. The maximum absolute atomic E-state index is 11.0. The van der Waals surface area contributed by atoms with E-state index in [0.717, 1.165) is 43.4 Å². The van der Waals surface area contributed by atoms with Gasteiger partial charge in [-0.05, 0) is 20.3 Å². The number of rotatable bonds is 12. The Kier molecular flexibility index (Phi) is 10.4. The molecule has 2 unspecified atom stereocenters. The number of carbonyl (C=O) groups is 1. The van der Waals surface area contributed by atoms with Gasteiger partial charge in [-0.15, -0.1) is 0 Å². The van der Waals surface area contributed by atoms with Gasteiger partial charge in [0.2, 0.25) is 0 Å². The molecule has 2 N–H and O–H groups in total. The van der Waals surface area contributed by atoms with E-state index in [9.17, 15) is 9.90 Å². The van der Waals surface area contributed by atoms with Crippen molar-refractivity contribution in [2.24, 2.45) is 5.92 Å². The molecule has 0 fully saturated rings. The molecule has 124 valence electrons. The normalized spacial score (nSPS) is 15.3. The van der Waals surface area contributed by atoms with E-state index in [1.807, 2.05) is 6.08 Å². The Morgan fingerprint density at radius 1 is 1.24 bits per heavy atom. The average Bonchev–Trinajstić information content (AvgIpc) is 2.47. The quantitative estimate of drug-likeness (QED) is 0.331. The van der Waals surface area contributed by atoms with Crippen molar-refractivity contribution in [1.82, 2.24) is 0 Å². The SMILES string of the molecule is CCCC/C=C/C(O)C[N+](CC)(CC)CCC(C)C(=O)O. The lowest BCUT2D eigenvalue weighted by Gasteiger charge is -2.38. The molecule has 0 aliphatic heterocycles. The number of aliphatic carboxylic acids is 1. The van der Waals surface area contributed by atoms with Crippen LogP contribution in [-0.2, 0) is 4.79 Å². The third-order valence-corrected chi connectivity index (χ3v) is 4.46. The number of allylic oxidation sites excluding steroid dienone is 1. The van der Waals surface area contributed by atoms with Crippen molar-refractivity contribution in [1.29, 1.82) is 0 Å². The molecule has 0 aliphatic rings. The predicted octanol–water partition coefficient (Wildman–Crippen LogP) is 3.06. The second kappa shape index (κ2) is 10.8. The molecule has 0 spiro atoms. The summed E-state index contributed by atoms with van der Waals surface area (Å²) < 4.78 is 0.775. The highest BCUT2D eigenvalue weighted by Gasteiger charge is 2.27. The highest BCUT2D eigenvalue weighted by Crippen LogP contribution is 2.14. The fraction of sp³-hybridized carbons (Fsp3) is 0.824. The van der Waals surface area contributed by atoms with Crippen LogP contribution in [0.15, 0.2) is 12.2 Å². The third-order valence-electron chi connectivity index (χ3n) is 4.46. The molecular formula is C17H34NO3+. The van der Waals surface area contributed by atoms with Gasteiger partial charge in [0.25, 0.3) is 0 Å². The van der Waals surface area contributed by atoms with Gasteiger partial charge in [0, 0.05) is 6.42 Å². The third kappa shape index (κ3) is 8.22. The number of carboxylic acid groups (broad SMARTS) is 1. The zero-order chi connectivity index (χ0) is 16.3. The molecule has 21 heavy (non-hydrogen) atoms. The highest BCUT2D eigenvalue weighted by atomic mass is 16.4. The zero-order valence-electron chi connectivity index (χ0n) is 14.2. The standard InChI is InChI=1S/C17H33NO3/c1-5-8-9-10-11-16(19)14-18(6-2,7-3)13-12-15(4)17(20)21/h10-11,15-16,19H,5-9,12-14H2,1-4H3/p+1/b11-10+. The lowest BCUT2D eigenvalue weighted by molar-refractivity contribution is -0.927. The first-order valence-electron chi connectivity index (χ1n) is 8.33. The van der Waals surface area contributed by atoms with Gasteiger partial charge < -0.3 is 14.7 Å². The summed E-state index contributed by atoms with van der Waals surface area (Å²) in [6.45, 7) is 11.5. The lowest BCUT2D eigenvalue weighted by Crippen LogP contribution is -2.52. The molecule has 0 saturated heterocycles. The molecule has 0 bridgehead atoms. The van der Waals surface area contributed by atoms with Crippen molar-refractivity contribution in [2.75, 3.05) is 26.2 Å². The average molecular weight is 300 g/mol. The summed E-state index contributed by atoms with van der Waals surface area (Å²) in [5.74, 6) is -1.06. The van der Waals surface area contributed by atoms with Crippen LogP contribution in [0.25, 0.3) is 0 Å². The number of nitrogens with zero attached hydrogens (tertiary/aromatic N) is 1. The zero-order valence-corrected chi connectivity index (χ0v) is 14.2. The van der Waals surface area contributed by atoms with Crippen LogP contribution >= 0.6 is 0 Å². The first-order chi connectivity index (χ1) is 9.90. The van der Waals surface area contributed by atoms with Crippen molar-refractivity contribution >= 4 is 5.97 Å². The second-order valence-corrected chi connectivity index (χ2v) is 6.05. The molecule has 2 atom stereocenters. The van der Waals surface area contributed by atoms with Crippen molar-refractivity contribution < 1.29 is 19.5 Å². The van der Waals surface area contributed by atoms with E-state index in [1.165, 1.54) is 0 Å². The first-order valence-corrected chi connectivity index (χ1v) is 8.33. The molecule has 0 rings (SSSR count). The van der Waals surface area contributed by atoms with Crippen molar-refractivity contribution in [2.45, 2.75) is 59.5 Å². The summed E-state index contributed by atoms with van der Waals surface area (Å²) in [7, 11) is 0. The van der Waals surface area contributed by atoms with Gasteiger partial charge in [0.1, 0.15) is 12.6 Å². The van der Waals surface area contributed by atoms with Crippen molar-refractivity contribution in [3.63, 3.8) is 0 Å². The summed E-state index contributed by atoms with van der Waals surface area (Å²) in [4.78, 5) is 11.0. The molecule has 4 nitrogen and oxygen atoms in total. The van der Waals surface area contributed by atoms with E-state index in [2.05, 4.69) is 26.8 Å². The van der Waals surface area contributed by atoms with Gasteiger partial charge >= 0.3 is 5.97 Å². The summed E-state index contributed by atoms with van der Waals surface area (Å²) in [6.07, 6.45) is 7.51. The Balaban J connectivity index is 4.50. The second-order valence-electron chi connectivity index (χ2n) is 6.05. The van der Waals surface area contributed by atoms with Crippen LogP contribution in [0.5, 0.6) is 0 Å². The maximum Gasteiger partial charge on any atom is 0.306 e. The molecule has 0 aromatic rings. The summed E-state index contributed by atoms with van der Waals surface area (Å²) in [5, 5.41) is 19.2. The Hall–Kier alpha value is -0.870. The lowest BCUT2D eigenvalue weighted by atomic mass is 10.1. The van der Waals surface area contributed by atoms with Crippen LogP contribution < -0.4 is 0 Å². The number of likely N-dealkylation sites (N-methyl/N-ethyl adjacent to an activating group) is 1. The van der Waals surface area contributed by atoms with E-state index in [4.69, 9.17) is 5.11 Å². The van der Waals surface area contributed by atoms with Crippen molar-refractivity contribution in [3.05, 3.63) is 12.2 Å². The van der Waals surface area contributed by atoms with Gasteiger partial charge in [0.05, 0.1) is 25.6 Å². The fourth-order valence-electron chi connectivity index (χ4n) is 2.51. The molecule has 4 heteroatoms. The van der Waals surface area contributed by atoms with Gasteiger partial charge in [-0.2, -0.15) is 0 Å². The molecule has 0 saturated carbocycles. The largest absolute Gasteiger partial charge is 0.481 e. The van der Waals surface area contributed by atoms with Crippen LogP contribution in [0.2, 0.25) is 0 Å².